The van der Waals surface area contributed by atoms with Crippen LogP contribution in [0.4, 0.5) is 0 Å². The fourth-order valence-electron chi connectivity index (χ4n) is 1.94. The van der Waals surface area contributed by atoms with Crippen LogP contribution in [0.25, 0.3) is 0 Å². The second kappa shape index (κ2) is 4.65. The van der Waals surface area contributed by atoms with Crippen LogP contribution in [-0.4, -0.2) is 35.4 Å². The van der Waals surface area contributed by atoms with Gasteiger partial charge in [0.25, 0.3) is 5.91 Å². The Morgan fingerprint density at radius 3 is 3.12 bits per heavy atom. The Morgan fingerprint density at radius 2 is 2.56 bits per heavy atom. The Kier molecular flexibility index (Phi) is 3.24. The van der Waals surface area contributed by atoms with Crippen molar-refractivity contribution in [3.05, 3.63) is 17.5 Å². The summed E-state index contributed by atoms with van der Waals surface area (Å²) in [5.41, 5.74) is 1.54. The van der Waals surface area contributed by atoms with Gasteiger partial charge in [0.15, 0.2) is 0 Å². The average Bonchev–Trinajstić information content (AvgIpc) is 2.86. The fourth-order valence-corrected chi connectivity index (χ4v) is 1.94. The van der Waals surface area contributed by atoms with Gasteiger partial charge in [-0.1, -0.05) is 0 Å². The van der Waals surface area contributed by atoms with Crippen LogP contribution < -0.4 is 5.32 Å². The number of hydrogen-bond acceptors (Lipinski definition) is 3. The van der Waals surface area contributed by atoms with Crippen LogP contribution >= 0.6 is 0 Å². The highest BCUT2D eigenvalue weighted by atomic mass is 16.5. The van der Waals surface area contributed by atoms with Crippen molar-refractivity contribution in [2.45, 2.75) is 13.3 Å². The lowest BCUT2D eigenvalue weighted by atomic mass is 10.1. The minimum atomic E-state index is -0.0515. The molecular formula is C11H17N3O2. The summed E-state index contributed by atoms with van der Waals surface area (Å²) < 4.78 is 6.87. The van der Waals surface area contributed by atoms with Crippen molar-refractivity contribution in [2.75, 3.05) is 19.8 Å². The van der Waals surface area contributed by atoms with Crippen molar-refractivity contribution in [1.29, 1.82) is 0 Å². The first-order valence-electron chi connectivity index (χ1n) is 5.53. The Balaban J connectivity index is 1.92. The monoisotopic (exact) mass is 223 g/mol. The molecule has 0 radical (unpaired) electrons. The van der Waals surface area contributed by atoms with E-state index in [9.17, 15) is 4.79 Å². The average molecular weight is 223 g/mol. The van der Waals surface area contributed by atoms with Gasteiger partial charge < -0.3 is 10.1 Å². The molecule has 0 saturated carbocycles. The maximum absolute atomic E-state index is 11.9. The predicted molar refractivity (Wildman–Crippen MR) is 59.2 cm³/mol. The van der Waals surface area contributed by atoms with Crippen molar-refractivity contribution in [1.82, 2.24) is 15.1 Å². The molecule has 0 spiro atoms. The molecule has 1 aliphatic rings. The molecule has 1 aromatic rings. The van der Waals surface area contributed by atoms with Crippen LogP contribution in [0.5, 0.6) is 0 Å². The largest absolute Gasteiger partial charge is 0.381 e. The highest BCUT2D eigenvalue weighted by Crippen LogP contribution is 2.11. The van der Waals surface area contributed by atoms with E-state index < -0.39 is 0 Å². The van der Waals surface area contributed by atoms with E-state index in [0.717, 1.165) is 25.2 Å². The Hall–Kier alpha value is -1.36. The number of amides is 1. The SMILES string of the molecule is Cc1cnn(C)c1C(=O)NCC1CCOC1. The third kappa shape index (κ3) is 2.24. The highest BCUT2D eigenvalue weighted by Gasteiger charge is 2.18. The molecule has 2 rings (SSSR count). The number of aromatic nitrogens is 2. The number of hydrogen-bond donors (Lipinski definition) is 1. The number of carbonyl (C=O) groups excluding carboxylic acids is 1. The topological polar surface area (TPSA) is 56.2 Å². The van der Waals surface area contributed by atoms with E-state index in [1.54, 1.807) is 17.9 Å². The van der Waals surface area contributed by atoms with Gasteiger partial charge in [-0.15, -0.1) is 0 Å². The first-order valence-corrected chi connectivity index (χ1v) is 5.53. The van der Waals surface area contributed by atoms with Crippen LogP contribution in [0.1, 0.15) is 22.5 Å². The summed E-state index contributed by atoms with van der Waals surface area (Å²) in [6.45, 7) is 4.14. The quantitative estimate of drug-likeness (QED) is 0.811. The minimum absolute atomic E-state index is 0.0515. The molecule has 1 aliphatic heterocycles. The third-order valence-corrected chi connectivity index (χ3v) is 2.91. The van der Waals surface area contributed by atoms with Crippen molar-refractivity contribution < 1.29 is 9.53 Å². The van der Waals surface area contributed by atoms with Gasteiger partial charge in [-0.05, 0) is 18.9 Å². The van der Waals surface area contributed by atoms with E-state index >= 15 is 0 Å². The molecule has 1 saturated heterocycles. The molecular weight excluding hydrogens is 206 g/mol. The summed E-state index contributed by atoms with van der Waals surface area (Å²) in [4.78, 5) is 11.9. The van der Waals surface area contributed by atoms with E-state index in [1.807, 2.05) is 6.92 Å². The van der Waals surface area contributed by atoms with E-state index in [2.05, 4.69) is 10.4 Å². The molecule has 0 aliphatic carbocycles. The lowest BCUT2D eigenvalue weighted by molar-refractivity contribution is 0.0935. The van der Waals surface area contributed by atoms with Crippen molar-refractivity contribution in [3.8, 4) is 0 Å². The standard InChI is InChI=1S/C11H17N3O2/c1-8-5-13-14(2)10(8)11(15)12-6-9-3-4-16-7-9/h5,9H,3-4,6-7H2,1-2H3,(H,12,15). The molecule has 5 heteroatoms. The fraction of sp³-hybridized carbons (Fsp3) is 0.636. The lowest BCUT2D eigenvalue weighted by Crippen LogP contribution is -2.31. The van der Waals surface area contributed by atoms with Gasteiger partial charge in [0, 0.05) is 26.1 Å². The van der Waals surface area contributed by atoms with Gasteiger partial charge >= 0.3 is 0 Å². The van der Waals surface area contributed by atoms with E-state index in [0.29, 0.717) is 18.2 Å². The molecule has 0 bridgehead atoms. The molecule has 1 atom stereocenters. The number of nitrogens with zero attached hydrogens (tertiary/aromatic N) is 2. The van der Waals surface area contributed by atoms with Crippen LogP contribution in [0.2, 0.25) is 0 Å². The van der Waals surface area contributed by atoms with Crippen molar-refractivity contribution in [2.24, 2.45) is 13.0 Å². The first-order chi connectivity index (χ1) is 7.68. The second-order valence-electron chi connectivity index (χ2n) is 4.24. The molecule has 1 N–H and O–H groups in total. The van der Waals surface area contributed by atoms with E-state index in [1.165, 1.54) is 0 Å². The van der Waals surface area contributed by atoms with Crippen LogP contribution in [-0.2, 0) is 11.8 Å². The molecule has 0 aromatic carbocycles. The normalized spacial score (nSPS) is 20.0. The highest BCUT2D eigenvalue weighted by molar-refractivity contribution is 5.93. The van der Waals surface area contributed by atoms with E-state index in [-0.39, 0.29) is 5.91 Å². The molecule has 1 fully saturated rings. The number of aryl methyl sites for hydroxylation is 2. The molecule has 16 heavy (non-hydrogen) atoms. The zero-order valence-corrected chi connectivity index (χ0v) is 9.69. The Bertz CT molecular complexity index is 361. The molecule has 2 heterocycles. The summed E-state index contributed by atoms with van der Waals surface area (Å²) in [6.07, 6.45) is 2.73. The number of carbonyl (C=O) groups is 1. The van der Waals surface area contributed by atoms with Gasteiger partial charge in [-0.3, -0.25) is 9.48 Å². The van der Waals surface area contributed by atoms with Gasteiger partial charge in [-0.25, -0.2) is 0 Å². The molecule has 1 amide bonds. The summed E-state index contributed by atoms with van der Waals surface area (Å²) in [5, 5.41) is 6.98. The molecule has 88 valence electrons. The van der Waals surface area contributed by atoms with E-state index in [4.69, 9.17) is 4.74 Å². The zero-order chi connectivity index (χ0) is 11.5. The Labute approximate surface area is 94.8 Å². The summed E-state index contributed by atoms with van der Waals surface area (Å²) in [5.74, 6) is 0.405. The van der Waals surface area contributed by atoms with Crippen molar-refractivity contribution >= 4 is 5.91 Å². The summed E-state index contributed by atoms with van der Waals surface area (Å²) in [7, 11) is 1.78. The molecule has 5 nitrogen and oxygen atoms in total. The molecule has 1 aromatic heterocycles. The first kappa shape index (κ1) is 11.1. The summed E-state index contributed by atoms with van der Waals surface area (Å²) >= 11 is 0. The van der Waals surface area contributed by atoms with Gasteiger partial charge in [-0.2, -0.15) is 5.10 Å². The molecule has 1 unspecified atom stereocenters. The zero-order valence-electron chi connectivity index (χ0n) is 9.69. The summed E-state index contributed by atoms with van der Waals surface area (Å²) in [6, 6.07) is 0. The number of rotatable bonds is 3. The van der Waals surface area contributed by atoms with Crippen LogP contribution in [0, 0.1) is 12.8 Å². The van der Waals surface area contributed by atoms with Gasteiger partial charge in [0.05, 0.1) is 12.8 Å². The van der Waals surface area contributed by atoms with Crippen LogP contribution in [0.3, 0.4) is 0 Å². The van der Waals surface area contributed by atoms with Gasteiger partial charge in [0.2, 0.25) is 0 Å². The van der Waals surface area contributed by atoms with Crippen LogP contribution in [0.15, 0.2) is 6.20 Å². The maximum Gasteiger partial charge on any atom is 0.269 e. The van der Waals surface area contributed by atoms with Crippen molar-refractivity contribution in [3.63, 3.8) is 0 Å². The Morgan fingerprint density at radius 1 is 1.75 bits per heavy atom. The van der Waals surface area contributed by atoms with Gasteiger partial charge in [0.1, 0.15) is 5.69 Å². The smallest absolute Gasteiger partial charge is 0.269 e. The maximum atomic E-state index is 11.9. The number of nitrogens with one attached hydrogen (secondary N) is 1. The number of ether oxygens (including phenoxy) is 1. The second-order valence-corrected chi connectivity index (χ2v) is 4.24. The minimum Gasteiger partial charge on any atom is -0.381 e. The third-order valence-electron chi connectivity index (χ3n) is 2.91. The lowest BCUT2D eigenvalue weighted by Gasteiger charge is -2.10. The predicted octanol–water partition coefficient (Wildman–Crippen LogP) is 0.495.